The van der Waals surface area contributed by atoms with Gasteiger partial charge in [0.15, 0.2) is 0 Å². The van der Waals surface area contributed by atoms with Crippen LogP contribution in [0.4, 0.5) is 0 Å². The highest BCUT2D eigenvalue weighted by Gasteiger charge is 2.63. The molecule has 0 spiro atoms. The minimum Gasteiger partial charge on any atom is -0.469 e. The molecule has 0 aliphatic heterocycles. The van der Waals surface area contributed by atoms with Crippen LogP contribution in [0.2, 0.25) is 0 Å². The lowest BCUT2D eigenvalue weighted by molar-refractivity contribution is -0.161. The van der Waals surface area contributed by atoms with Gasteiger partial charge in [0.25, 0.3) is 0 Å². The van der Waals surface area contributed by atoms with Gasteiger partial charge in [-0.05, 0) is 85.4 Å². The second kappa shape index (κ2) is 7.11. The van der Waals surface area contributed by atoms with Gasteiger partial charge in [0.05, 0.1) is 13.2 Å². The Labute approximate surface area is 169 Å². The highest BCUT2D eigenvalue weighted by Crippen LogP contribution is 2.67. The normalized spacial score (nSPS) is 49.0. The third kappa shape index (κ3) is 2.97. The molecule has 3 unspecified atom stereocenters. The molecule has 0 radical (unpaired) electrons. The van der Waals surface area contributed by atoms with E-state index in [1.54, 1.807) is 0 Å². The standard InChI is InChI=1S/C24H38O4/c1-14(11-21(27)28-4)17-5-6-18-22-19(8-10-24(17,18)3)23(2)9-7-16(25)12-15(23)13-20(22)26/h14-19,22,25H,5-13H2,1-4H3/t14-,15+,16-,17?,18?,19?,22+,23+,24-/m1/s1. The van der Waals surface area contributed by atoms with Gasteiger partial charge in [-0.2, -0.15) is 0 Å². The molecule has 0 amide bonds. The molecule has 28 heavy (non-hydrogen) atoms. The number of rotatable bonds is 3. The molecule has 4 saturated carbocycles. The summed E-state index contributed by atoms with van der Waals surface area (Å²) in [7, 11) is 1.47. The maximum atomic E-state index is 13.4. The van der Waals surface area contributed by atoms with E-state index in [0.29, 0.717) is 48.2 Å². The Bertz CT molecular complexity index is 645. The minimum absolute atomic E-state index is 0.113. The molecule has 4 rings (SSSR count). The van der Waals surface area contributed by atoms with E-state index in [1.807, 2.05) is 0 Å². The summed E-state index contributed by atoms with van der Waals surface area (Å²) < 4.78 is 4.92. The number of aliphatic hydroxyl groups is 1. The van der Waals surface area contributed by atoms with Crippen molar-refractivity contribution < 1.29 is 19.4 Å². The first-order chi connectivity index (χ1) is 13.2. The van der Waals surface area contributed by atoms with Crippen molar-refractivity contribution in [3.05, 3.63) is 0 Å². The van der Waals surface area contributed by atoms with Crippen LogP contribution in [-0.2, 0) is 14.3 Å². The van der Waals surface area contributed by atoms with Crippen LogP contribution in [0, 0.1) is 46.3 Å². The zero-order chi connectivity index (χ0) is 20.3. The molecular weight excluding hydrogens is 352 g/mol. The Hall–Kier alpha value is -0.900. The maximum Gasteiger partial charge on any atom is 0.305 e. The second-order valence-corrected chi connectivity index (χ2v) is 11.0. The molecule has 0 saturated heterocycles. The van der Waals surface area contributed by atoms with E-state index in [0.717, 1.165) is 38.5 Å². The predicted octanol–water partition coefficient (Wildman–Crippen LogP) is 4.38. The molecule has 1 N–H and O–H groups in total. The molecule has 0 bridgehead atoms. The highest BCUT2D eigenvalue weighted by molar-refractivity contribution is 5.83. The van der Waals surface area contributed by atoms with E-state index in [2.05, 4.69) is 20.8 Å². The molecular formula is C24H38O4. The van der Waals surface area contributed by atoms with E-state index in [1.165, 1.54) is 13.5 Å². The summed E-state index contributed by atoms with van der Waals surface area (Å²) in [5.74, 6) is 2.69. The minimum atomic E-state index is -0.216. The maximum absolute atomic E-state index is 13.4. The van der Waals surface area contributed by atoms with Gasteiger partial charge < -0.3 is 9.84 Å². The zero-order valence-electron chi connectivity index (χ0n) is 18.1. The van der Waals surface area contributed by atoms with Crippen molar-refractivity contribution in [1.82, 2.24) is 0 Å². The summed E-state index contributed by atoms with van der Waals surface area (Å²) in [6, 6.07) is 0. The number of ketones is 1. The van der Waals surface area contributed by atoms with Crippen molar-refractivity contribution in [1.29, 1.82) is 0 Å². The van der Waals surface area contributed by atoms with Crippen LogP contribution in [0.1, 0.15) is 78.6 Å². The Morgan fingerprint density at radius 3 is 2.54 bits per heavy atom. The summed E-state index contributed by atoms with van der Waals surface area (Å²) in [6.45, 7) is 7.03. The van der Waals surface area contributed by atoms with Gasteiger partial charge in [-0.3, -0.25) is 9.59 Å². The van der Waals surface area contributed by atoms with E-state index in [4.69, 9.17) is 4.74 Å². The van der Waals surface area contributed by atoms with Gasteiger partial charge in [-0.25, -0.2) is 0 Å². The lowest BCUT2D eigenvalue weighted by atomic mass is 9.44. The number of hydrogen-bond acceptors (Lipinski definition) is 4. The molecule has 4 heteroatoms. The predicted molar refractivity (Wildman–Crippen MR) is 107 cm³/mol. The summed E-state index contributed by atoms with van der Waals surface area (Å²) in [5, 5.41) is 10.2. The number of fused-ring (bicyclic) bond motifs is 5. The van der Waals surface area contributed by atoms with Crippen LogP contribution in [0.25, 0.3) is 0 Å². The molecule has 4 fully saturated rings. The number of carbonyl (C=O) groups excluding carboxylic acids is 2. The average molecular weight is 391 g/mol. The second-order valence-electron chi connectivity index (χ2n) is 11.0. The van der Waals surface area contributed by atoms with Crippen molar-refractivity contribution in [2.45, 2.75) is 84.7 Å². The fourth-order valence-electron chi connectivity index (χ4n) is 8.37. The number of carbonyl (C=O) groups is 2. The van der Waals surface area contributed by atoms with Gasteiger partial charge in [-0.15, -0.1) is 0 Å². The molecule has 0 aromatic rings. The van der Waals surface area contributed by atoms with Crippen molar-refractivity contribution in [2.24, 2.45) is 46.3 Å². The fraction of sp³-hybridized carbons (Fsp3) is 0.917. The number of hydrogen-bond donors (Lipinski definition) is 1. The molecule has 158 valence electrons. The average Bonchev–Trinajstić information content (AvgIpc) is 3.00. The van der Waals surface area contributed by atoms with Crippen LogP contribution >= 0.6 is 0 Å². The molecule has 0 heterocycles. The number of methoxy groups -OCH3 is 1. The van der Waals surface area contributed by atoms with Gasteiger partial charge >= 0.3 is 5.97 Å². The van der Waals surface area contributed by atoms with E-state index in [9.17, 15) is 14.7 Å². The van der Waals surface area contributed by atoms with Crippen LogP contribution in [-0.4, -0.2) is 30.1 Å². The van der Waals surface area contributed by atoms with Crippen molar-refractivity contribution in [2.75, 3.05) is 7.11 Å². The van der Waals surface area contributed by atoms with Crippen LogP contribution in [0.3, 0.4) is 0 Å². The zero-order valence-corrected chi connectivity index (χ0v) is 18.1. The summed E-state index contributed by atoms with van der Waals surface area (Å²) in [6.07, 6.45) is 8.29. The van der Waals surface area contributed by atoms with Gasteiger partial charge in [0.2, 0.25) is 0 Å². The van der Waals surface area contributed by atoms with Gasteiger partial charge in [0, 0.05) is 18.8 Å². The fourth-order valence-corrected chi connectivity index (χ4v) is 8.37. The topological polar surface area (TPSA) is 63.6 Å². The first-order valence-corrected chi connectivity index (χ1v) is 11.5. The lowest BCUT2D eigenvalue weighted by Gasteiger charge is -2.60. The Balaban J connectivity index is 1.58. The van der Waals surface area contributed by atoms with Crippen molar-refractivity contribution in [3.63, 3.8) is 0 Å². The van der Waals surface area contributed by atoms with Crippen molar-refractivity contribution in [3.8, 4) is 0 Å². The van der Waals surface area contributed by atoms with Crippen LogP contribution in [0.5, 0.6) is 0 Å². The van der Waals surface area contributed by atoms with E-state index >= 15 is 0 Å². The quantitative estimate of drug-likeness (QED) is 0.726. The first-order valence-electron chi connectivity index (χ1n) is 11.5. The number of aliphatic hydroxyl groups excluding tert-OH is 1. The summed E-state index contributed by atoms with van der Waals surface area (Å²) >= 11 is 0. The molecule has 4 aliphatic rings. The monoisotopic (exact) mass is 390 g/mol. The third-order valence-electron chi connectivity index (χ3n) is 9.92. The molecule has 4 aliphatic carbocycles. The van der Waals surface area contributed by atoms with Gasteiger partial charge in [0.1, 0.15) is 5.78 Å². The molecule has 4 nitrogen and oxygen atoms in total. The molecule has 0 aromatic carbocycles. The SMILES string of the molecule is COC(=O)C[C@@H](C)C1CCC2[C@@H]3C(=O)C[C@@H]4C[C@H](O)CC[C@]4(C)C3CC[C@@]21C. The number of ether oxygens (including phenoxy) is 1. The molecule has 9 atom stereocenters. The largest absolute Gasteiger partial charge is 0.469 e. The lowest BCUT2D eigenvalue weighted by Crippen LogP contribution is -2.57. The van der Waals surface area contributed by atoms with E-state index in [-0.39, 0.29) is 28.8 Å². The Kier molecular flexibility index (Phi) is 5.17. The highest BCUT2D eigenvalue weighted by atomic mass is 16.5. The number of esters is 1. The summed E-state index contributed by atoms with van der Waals surface area (Å²) in [4.78, 5) is 25.2. The van der Waals surface area contributed by atoms with Crippen LogP contribution < -0.4 is 0 Å². The Morgan fingerprint density at radius 2 is 1.82 bits per heavy atom. The Morgan fingerprint density at radius 1 is 1.14 bits per heavy atom. The summed E-state index contributed by atoms with van der Waals surface area (Å²) in [5.41, 5.74) is 0.385. The smallest absolute Gasteiger partial charge is 0.305 e. The van der Waals surface area contributed by atoms with Crippen molar-refractivity contribution >= 4 is 11.8 Å². The van der Waals surface area contributed by atoms with Crippen LogP contribution in [0.15, 0.2) is 0 Å². The first kappa shape index (κ1) is 20.4. The molecule has 0 aromatic heterocycles. The number of Topliss-reactive ketones (excluding diaryl/α,β-unsaturated/α-hetero) is 1. The van der Waals surface area contributed by atoms with Gasteiger partial charge in [-0.1, -0.05) is 20.8 Å². The third-order valence-corrected chi connectivity index (χ3v) is 9.92. The van der Waals surface area contributed by atoms with E-state index < -0.39 is 0 Å².